The maximum Gasteiger partial charge on any atom is 0.158 e. The van der Waals surface area contributed by atoms with Crippen LogP contribution >= 0.6 is 11.6 Å². The topological polar surface area (TPSA) is 67.3 Å². The minimum Gasteiger partial charge on any atom is -0.392 e. The first-order valence-electron chi connectivity index (χ1n) is 5.98. The summed E-state index contributed by atoms with van der Waals surface area (Å²) in [4.78, 5) is 3.82. The van der Waals surface area contributed by atoms with Crippen molar-refractivity contribution in [3.8, 4) is 0 Å². The van der Waals surface area contributed by atoms with Crippen molar-refractivity contribution in [2.24, 2.45) is 0 Å². The number of halogens is 1. The molecule has 0 aliphatic carbocycles. The zero-order valence-electron chi connectivity index (χ0n) is 10.7. The van der Waals surface area contributed by atoms with Crippen LogP contribution in [0.15, 0.2) is 42.6 Å². The van der Waals surface area contributed by atoms with Crippen molar-refractivity contribution in [2.45, 2.75) is 18.1 Å². The van der Waals surface area contributed by atoms with Crippen molar-refractivity contribution < 1.29 is 13.5 Å². The van der Waals surface area contributed by atoms with Crippen LogP contribution in [0.1, 0.15) is 16.7 Å². The number of aromatic nitrogens is 1. The molecule has 4 nitrogen and oxygen atoms in total. The van der Waals surface area contributed by atoms with E-state index < -0.39 is 9.84 Å². The van der Waals surface area contributed by atoms with Gasteiger partial charge >= 0.3 is 0 Å². The monoisotopic (exact) mass is 311 g/mol. The lowest BCUT2D eigenvalue weighted by Crippen LogP contribution is -2.07. The predicted molar refractivity (Wildman–Crippen MR) is 77.9 cm³/mol. The average Bonchev–Trinajstić information content (AvgIpc) is 2.38. The van der Waals surface area contributed by atoms with Crippen LogP contribution in [-0.2, 0) is 27.9 Å². The minimum absolute atomic E-state index is 0.0430. The number of benzene rings is 1. The molecule has 0 amide bonds. The first-order chi connectivity index (χ1) is 9.48. The second-order valence-corrected chi connectivity index (χ2v) is 6.95. The fourth-order valence-corrected chi connectivity index (χ4v) is 3.52. The van der Waals surface area contributed by atoms with Crippen molar-refractivity contribution >= 4 is 21.4 Å². The van der Waals surface area contributed by atoms with E-state index in [0.29, 0.717) is 11.1 Å². The zero-order valence-corrected chi connectivity index (χ0v) is 12.2. The molecule has 0 aliphatic heterocycles. The number of hydrogen-bond acceptors (Lipinski definition) is 4. The molecule has 1 aromatic heterocycles. The fourth-order valence-electron chi connectivity index (χ4n) is 1.83. The van der Waals surface area contributed by atoms with Crippen LogP contribution in [0.2, 0.25) is 5.15 Å². The van der Waals surface area contributed by atoms with E-state index in [2.05, 4.69) is 4.98 Å². The maximum atomic E-state index is 12.1. The third-order valence-electron chi connectivity index (χ3n) is 2.77. The van der Waals surface area contributed by atoms with Gasteiger partial charge in [-0.2, -0.15) is 0 Å². The third kappa shape index (κ3) is 4.30. The Kier molecular flexibility index (Phi) is 4.75. The summed E-state index contributed by atoms with van der Waals surface area (Å²) in [6, 6.07) is 10.0. The van der Waals surface area contributed by atoms with Gasteiger partial charge in [-0.3, -0.25) is 0 Å². The second-order valence-electron chi connectivity index (χ2n) is 4.49. The van der Waals surface area contributed by atoms with Crippen molar-refractivity contribution in [1.29, 1.82) is 0 Å². The van der Waals surface area contributed by atoms with Crippen LogP contribution < -0.4 is 0 Å². The molecule has 0 fully saturated rings. The molecule has 1 aromatic carbocycles. The highest BCUT2D eigenvalue weighted by molar-refractivity contribution is 7.89. The van der Waals surface area contributed by atoms with Gasteiger partial charge in [0.15, 0.2) is 9.84 Å². The molecule has 1 N–H and O–H groups in total. The number of aliphatic hydroxyl groups excluding tert-OH is 1. The Hall–Kier alpha value is -1.43. The van der Waals surface area contributed by atoms with Gasteiger partial charge in [-0.25, -0.2) is 13.4 Å². The van der Waals surface area contributed by atoms with Gasteiger partial charge in [-0.15, -0.1) is 0 Å². The van der Waals surface area contributed by atoms with Crippen molar-refractivity contribution in [3.05, 3.63) is 64.4 Å². The van der Waals surface area contributed by atoms with Crippen LogP contribution in [0.3, 0.4) is 0 Å². The lowest BCUT2D eigenvalue weighted by atomic mass is 10.2. The Bertz CT molecular complexity index is 684. The van der Waals surface area contributed by atoms with E-state index in [0.717, 1.165) is 5.56 Å². The Labute approximate surface area is 123 Å². The van der Waals surface area contributed by atoms with E-state index in [4.69, 9.17) is 16.7 Å². The van der Waals surface area contributed by atoms with Crippen LogP contribution in [0, 0.1) is 0 Å². The van der Waals surface area contributed by atoms with Crippen LogP contribution in [-0.4, -0.2) is 18.5 Å². The fraction of sp³-hybridized carbons (Fsp3) is 0.214. The molecule has 6 heteroatoms. The SMILES string of the molecule is O=S(=O)(Cc1ccc(CO)cc1)Cc1ccnc(Cl)c1. The van der Waals surface area contributed by atoms with E-state index >= 15 is 0 Å². The summed E-state index contributed by atoms with van der Waals surface area (Å²) in [6.07, 6.45) is 1.49. The number of sulfone groups is 1. The van der Waals surface area contributed by atoms with Gasteiger partial charge in [0, 0.05) is 6.20 Å². The third-order valence-corrected chi connectivity index (χ3v) is 4.52. The zero-order chi connectivity index (χ0) is 14.6. The van der Waals surface area contributed by atoms with Gasteiger partial charge in [0.1, 0.15) is 5.15 Å². The first-order valence-corrected chi connectivity index (χ1v) is 8.18. The number of pyridine rings is 1. The maximum absolute atomic E-state index is 12.1. The first kappa shape index (κ1) is 15.0. The molecule has 0 bridgehead atoms. The molecule has 1 heterocycles. The number of rotatable bonds is 5. The van der Waals surface area contributed by atoms with Gasteiger partial charge in [-0.1, -0.05) is 35.9 Å². The lowest BCUT2D eigenvalue weighted by molar-refractivity contribution is 0.282. The Balaban J connectivity index is 2.10. The highest BCUT2D eigenvalue weighted by Crippen LogP contribution is 2.15. The molecule has 20 heavy (non-hydrogen) atoms. The minimum atomic E-state index is -3.27. The van der Waals surface area contributed by atoms with Gasteiger partial charge in [-0.05, 0) is 28.8 Å². The molecule has 106 valence electrons. The molecule has 0 radical (unpaired) electrons. The lowest BCUT2D eigenvalue weighted by Gasteiger charge is -2.06. The van der Waals surface area contributed by atoms with Gasteiger partial charge in [0.25, 0.3) is 0 Å². The van der Waals surface area contributed by atoms with Crippen LogP contribution in [0.5, 0.6) is 0 Å². The molecule has 0 saturated heterocycles. The van der Waals surface area contributed by atoms with E-state index in [-0.39, 0.29) is 23.3 Å². The summed E-state index contributed by atoms with van der Waals surface area (Å²) in [7, 11) is -3.27. The van der Waals surface area contributed by atoms with Crippen molar-refractivity contribution in [2.75, 3.05) is 0 Å². The molecule has 0 aliphatic rings. The Morgan fingerprint density at radius 3 is 2.20 bits per heavy atom. The molecule has 2 rings (SSSR count). The van der Waals surface area contributed by atoms with Crippen molar-refractivity contribution in [3.63, 3.8) is 0 Å². The summed E-state index contributed by atoms with van der Waals surface area (Å²) in [5.74, 6) is -0.115. The molecule has 0 atom stereocenters. The van der Waals surface area contributed by atoms with E-state index in [1.54, 1.807) is 36.4 Å². The van der Waals surface area contributed by atoms with Crippen LogP contribution in [0.4, 0.5) is 0 Å². The highest BCUT2D eigenvalue weighted by atomic mass is 35.5. The Morgan fingerprint density at radius 1 is 1.00 bits per heavy atom. The summed E-state index contributed by atoms with van der Waals surface area (Å²) < 4.78 is 24.2. The number of aliphatic hydroxyl groups is 1. The quantitative estimate of drug-likeness (QED) is 0.861. The molecule has 0 spiro atoms. The Morgan fingerprint density at radius 2 is 1.60 bits per heavy atom. The highest BCUT2D eigenvalue weighted by Gasteiger charge is 2.13. The predicted octanol–water partition coefficient (Wildman–Crippen LogP) is 2.34. The standard InChI is InChI=1S/C14H14ClNO3S/c15-14-7-13(5-6-16-14)10-20(18,19)9-12-3-1-11(8-17)2-4-12/h1-7,17H,8-10H2. The molecule has 2 aromatic rings. The summed E-state index contributed by atoms with van der Waals surface area (Å²) in [5, 5.41) is 9.23. The van der Waals surface area contributed by atoms with E-state index in [1.165, 1.54) is 6.20 Å². The molecular weight excluding hydrogens is 298 g/mol. The van der Waals surface area contributed by atoms with E-state index in [9.17, 15) is 8.42 Å². The van der Waals surface area contributed by atoms with Gasteiger partial charge in [0.05, 0.1) is 18.1 Å². The average molecular weight is 312 g/mol. The largest absolute Gasteiger partial charge is 0.392 e. The molecular formula is C14H14ClNO3S. The van der Waals surface area contributed by atoms with Gasteiger partial charge < -0.3 is 5.11 Å². The summed E-state index contributed by atoms with van der Waals surface area (Å²) in [5.41, 5.74) is 2.08. The molecule has 0 saturated carbocycles. The number of nitrogens with zero attached hydrogens (tertiary/aromatic N) is 1. The summed E-state index contributed by atoms with van der Waals surface area (Å²) >= 11 is 5.74. The summed E-state index contributed by atoms with van der Waals surface area (Å²) in [6.45, 7) is -0.0530. The molecule has 0 unspecified atom stereocenters. The smallest absolute Gasteiger partial charge is 0.158 e. The normalized spacial score (nSPS) is 11.5. The second kappa shape index (κ2) is 6.35. The van der Waals surface area contributed by atoms with Crippen molar-refractivity contribution in [1.82, 2.24) is 4.98 Å². The van der Waals surface area contributed by atoms with Crippen LogP contribution in [0.25, 0.3) is 0 Å². The number of hydrogen-bond donors (Lipinski definition) is 1. The van der Waals surface area contributed by atoms with Gasteiger partial charge in [0.2, 0.25) is 0 Å². The van der Waals surface area contributed by atoms with E-state index in [1.807, 2.05) is 0 Å².